The fourth-order valence-corrected chi connectivity index (χ4v) is 1.97. The molecule has 110 valence electrons. The topological polar surface area (TPSA) is 84.1 Å². The van der Waals surface area contributed by atoms with Gasteiger partial charge in [-0.15, -0.1) is 0 Å². The van der Waals surface area contributed by atoms with E-state index in [2.05, 4.69) is 15.3 Å². The number of esters is 1. The lowest BCUT2D eigenvalue weighted by molar-refractivity contribution is 0.0527. The van der Waals surface area contributed by atoms with Crippen molar-refractivity contribution in [2.45, 2.75) is 13.8 Å². The lowest BCUT2D eigenvalue weighted by atomic mass is 10.2. The van der Waals surface area contributed by atoms with Crippen molar-refractivity contribution < 1.29 is 14.3 Å². The molecule has 2 aromatic heterocycles. The summed E-state index contributed by atoms with van der Waals surface area (Å²) < 4.78 is 4.97. The summed E-state index contributed by atoms with van der Waals surface area (Å²) in [6.07, 6.45) is 2.97. The number of hydrogen-bond acceptors (Lipinski definition) is 4. The third-order valence-electron chi connectivity index (χ3n) is 2.76. The summed E-state index contributed by atoms with van der Waals surface area (Å²) in [4.78, 5) is 30.8. The Labute approximate surface area is 126 Å². The van der Waals surface area contributed by atoms with Crippen molar-refractivity contribution in [3.63, 3.8) is 0 Å². The van der Waals surface area contributed by atoms with Gasteiger partial charge in [0, 0.05) is 23.1 Å². The summed E-state index contributed by atoms with van der Waals surface area (Å²) in [6, 6.07) is 3.02. The molecule has 0 aromatic carbocycles. The second-order valence-electron chi connectivity index (χ2n) is 4.24. The molecule has 0 unspecified atom stereocenters. The molecule has 1 amide bonds. The van der Waals surface area contributed by atoms with Crippen molar-refractivity contribution >= 4 is 29.2 Å². The standard InChI is InChI=1S/C14H14ClN3O3/c1-3-21-14(20)12-8(2)17-7-11(12)18-13(19)10-6-9(15)4-5-16-10/h4-7,17H,3H2,1-2H3,(H,18,19). The Morgan fingerprint density at radius 3 is 2.90 bits per heavy atom. The van der Waals surface area contributed by atoms with E-state index in [4.69, 9.17) is 16.3 Å². The molecule has 0 radical (unpaired) electrons. The van der Waals surface area contributed by atoms with Gasteiger partial charge in [-0.25, -0.2) is 4.79 Å². The number of amides is 1. The average Bonchev–Trinajstić information content (AvgIpc) is 2.80. The summed E-state index contributed by atoms with van der Waals surface area (Å²) >= 11 is 5.82. The first-order valence-corrected chi connectivity index (χ1v) is 6.68. The Bertz CT molecular complexity index is 682. The average molecular weight is 308 g/mol. The highest BCUT2D eigenvalue weighted by molar-refractivity contribution is 6.31. The largest absolute Gasteiger partial charge is 0.462 e. The van der Waals surface area contributed by atoms with Crippen molar-refractivity contribution in [2.24, 2.45) is 0 Å². The quantitative estimate of drug-likeness (QED) is 0.851. The number of nitrogens with one attached hydrogen (secondary N) is 2. The number of halogens is 1. The van der Waals surface area contributed by atoms with Gasteiger partial charge in [0.1, 0.15) is 11.3 Å². The Morgan fingerprint density at radius 1 is 1.48 bits per heavy atom. The summed E-state index contributed by atoms with van der Waals surface area (Å²) in [5.74, 6) is -0.951. The first-order chi connectivity index (χ1) is 10.0. The molecule has 0 saturated carbocycles. The van der Waals surface area contributed by atoms with Gasteiger partial charge < -0.3 is 15.0 Å². The number of aromatic amines is 1. The van der Waals surface area contributed by atoms with Crippen LogP contribution >= 0.6 is 11.6 Å². The van der Waals surface area contributed by atoms with Gasteiger partial charge in [0.05, 0.1) is 12.3 Å². The molecule has 21 heavy (non-hydrogen) atoms. The van der Waals surface area contributed by atoms with Crippen LogP contribution in [0.25, 0.3) is 0 Å². The molecule has 0 aliphatic carbocycles. The summed E-state index contributed by atoms with van der Waals surface area (Å²) in [5, 5.41) is 3.03. The first-order valence-electron chi connectivity index (χ1n) is 6.31. The Balaban J connectivity index is 2.24. The van der Waals surface area contributed by atoms with E-state index in [0.717, 1.165) is 0 Å². The van der Waals surface area contributed by atoms with Gasteiger partial charge in [-0.1, -0.05) is 11.6 Å². The second kappa shape index (κ2) is 6.41. The van der Waals surface area contributed by atoms with Crippen LogP contribution in [0.4, 0.5) is 5.69 Å². The van der Waals surface area contributed by atoms with Gasteiger partial charge in [-0.2, -0.15) is 0 Å². The van der Waals surface area contributed by atoms with E-state index in [1.807, 2.05) is 0 Å². The number of aryl methyl sites for hydroxylation is 1. The summed E-state index contributed by atoms with van der Waals surface area (Å²) in [6.45, 7) is 3.69. The maximum Gasteiger partial charge on any atom is 0.342 e. The van der Waals surface area contributed by atoms with E-state index >= 15 is 0 Å². The van der Waals surface area contributed by atoms with Crippen molar-refractivity contribution in [1.29, 1.82) is 0 Å². The maximum atomic E-state index is 12.1. The Morgan fingerprint density at radius 2 is 2.24 bits per heavy atom. The van der Waals surface area contributed by atoms with Gasteiger partial charge in [0.15, 0.2) is 0 Å². The number of aromatic nitrogens is 2. The SMILES string of the molecule is CCOC(=O)c1c(NC(=O)c2cc(Cl)ccn2)c[nH]c1C. The van der Waals surface area contributed by atoms with E-state index in [9.17, 15) is 9.59 Å². The van der Waals surface area contributed by atoms with Crippen LogP contribution < -0.4 is 5.32 Å². The molecule has 7 heteroatoms. The third-order valence-corrected chi connectivity index (χ3v) is 2.99. The van der Waals surface area contributed by atoms with Crippen LogP contribution in [0.3, 0.4) is 0 Å². The van der Waals surface area contributed by atoms with Crippen molar-refractivity contribution in [3.05, 3.63) is 46.5 Å². The molecular weight excluding hydrogens is 294 g/mol. The molecule has 0 fully saturated rings. The number of rotatable bonds is 4. The van der Waals surface area contributed by atoms with Crippen LogP contribution in [-0.2, 0) is 4.74 Å². The highest BCUT2D eigenvalue weighted by Gasteiger charge is 2.20. The molecule has 0 saturated heterocycles. The van der Waals surface area contributed by atoms with Gasteiger partial charge >= 0.3 is 5.97 Å². The predicted octanol–water partition coefficient (Wildman–Crippen LogP) is 2.80. The van der Waals surface area contributed by atoms with E-state index in [1.165, 1.54) is 18.5 Å². The van der Waals surface area contributed by atoms with E-state index < -0.39 is 11.9 Å². The predicted molar refractivity (Wildman–Crippen MR) is 78.7 cm³/mol. The molecule has 0 aliphatic rings. The zero-order valence-electron chi connectivity index (χ0n) is 11.6. The Kier molecular flexibility index (Phi) is 4.59. The number of H-pyrrole nitrogens is 1. The first kappa shape index (κ1) is 15.1. The van der Waals surface area contributed by atoms with Gasteiger partial charge in [-0.05, 0) is 26.0 Å². The van der Waals surface area contributed by atoms with Crippen LogP contribution in [0.2, 0.25) is 5.02 Å². The lowest BCUT2D eigenvalue weighted by Crippen LogP contribution is -2.16. The van der Waals surface area contributed by atoms with Crippen molar-refractivity contribution in [2.75, 3.05) is 11.9 Å². The summed E-state index contributed by atoms with van der Waals surface area (Å²) in [7, 11) is 0. The van der Waals surface area contributed by atoms with Gasteiger partial charge in [-0.3, -0.25) is 9.78 Å². The molecule has 2 aromatic rings. The number of pyridine rings is 1. The minimum Gasteiger partial charge on any atom is -0.462 e. The van der Waals surface area contributed by atoms with E-state index in [0.29, 0.717) is 22.0 Å². The number of nitrogens with zero attached hydrogens (tertiary/aromatic N) is 1. The van der Waals surface area contributed by atoms with Crippen molar-refractivity contribution in [1.82, 2.24) is 9.97 Å². The minimum atomic E-state index is -0.495. The van der Waals surface area contributed by atoms with Crippen molar-refractivity contribution in [3.8, 4) is 0 Å². The molecule has 0 atom stereocenters. The monoisotopic (exact) mass is 307 g/mol. The zero-order valence-corrected chi connectivity index (χ0v) is 12.3. The highest BCUT2D eigenvalue weighted by atomic mass is 35.5. The van der Waals surface area contributed by atoms with Crippen LogP contribution in [0.1, 0.15) is 33.5 Å². The molecule has 2 heterocycles. The number of ether oxygens (including phenoxy) is 1. The van der Waals surface area contributed by atoms with Gasteiger partial charge in [0.25, 0.3) is 5.91 Å². The highest BCUT2D eigenvalue weighted by Crippen LogP contribution is 2.21. The minimum absolute atomic E-state index is 0.163. The number of carbonyl (C=O) groups is 2. The van der Waals surface area contributed by atoms with Gasteiger partial charge in [0.2, 0.25) is 0 Å². The Hall–Kier alpha value is -2.34. The van der Waals surface area contributed by atoms with Crippen LogP contribution in [-0.4, -0.2) is 28.5 Å². The maximum absolute atomic E-state index is 12.1. The van der Waals surface area contributed by atoms with Crippen LogP contribution in [0, 0.1) is 6.92 Å². The zero-order chi connectivity index (χ0) is 15.4. The normalized spacial score (nSPS) is 10.2. The molecule has 0 bridgehead atoms. The molecular formula is C14H14ClN3O3. The number of hydrogen-bond donors (Lipinski definition) is 2. The molecule has 2 N–H and O–H groups in total. The van der Waals surface area contributed by atoms with E-state index in [1.54, 1.807) is 19.9 Å². The molecule has 6 nitrogen and oxygen atoms in total. The third kappa shape index (κ3) is 3.41. The number of carbonyl (C=O) groups excluding carboxylic acids is 2. The fourth-order valence-electron chi connectivity index (χ4n) is 1.81. The lowest BCUT2D eigenvalue weighted by Gasteiger charge is -2.07. The second-order valence-corrected chi connectivity index (χ2v) is 4.67. The molecule has 0 spiro atoms. The number of anilines is 1. The van der Waals surface area contributed by atoms with E-state index in [-0.39, 0.29) is 12.3 Å². The fraction of sp³-hybridized carbons (Fsp3) is 0.214. The smallest absolute Gasteiger partial charge is 0.342 e. The molecule has 0 aliphatic heterocycles. The van der Waals surface area contributed by atoms with Crippen LogP contribution in [0.5, 0.6) is 0 Å². The summed E-state index contributed by atoms with van der Waals surface area (Å²) in [5.41, 5.74) is 1.42. The molecule has 2 rings (SSSR count). The van der Waals surface area contributed by atoms with Crippen LogP contribution in [0.15, 0.2) is 24.5 Å².